The maximum Gasteiger partial charge on any atom is 0.0879 e. The summed E-state index contributed by atoms with van der Waals surface area (Å²) in [7, 11) is 0. The molecule has 0 saturated carbocycles. The number of hydrogen-bond donors (Lipinski definition) is 2. The van der Waals surface area contributed by atoms with E-state index < -0.39 is 0 Å². The molecule has 0 spiro atoms. The van der Waals surface area contributed by atoms with Crippen LogP contribution in [0.25, 0.3) is 0 Å². The molecule has 0 aliphatic carbocycles. The molecule has 6 heavy (non-hydrogen) atoms. The molecule has 0 fully saturated rings. The molecule has 1 rings (SSSR count). The summed E-state index contributed by atoms with van der Waals surface area (Å²) in [4.78, 5) is 0. The van der Waals surface area contributed by atoms with Crippen LogP contribution in [0.1, 0.15) is 0 Å². The number of nitrogen functional groups attached to an aromatic ring is 2. The first-order valence-electron chi connectivity index (χ1n) is 1.53. The van der Waals surface area contributed by atoms with Crippen LogP contribution in [0.5, 0.6) is 0 Å². The van der Waals surface area contributed by atoms with Crippen molar-refractivity contribution in [3.8, 4) is 0 Å². The van der Waals surface area contributed by atoms with Crippen molar-refractivity contribution in [1.29, 1.82) is 0 Å². The summed E-state index contributed by atoms with van der Waals surface area (Å²) >= 11 is 4.57. The summed E-state index contributed by atoms with van der Waals surface area (Å²) in [5.74, 6) is 0. The van der Waals surface area contributed by atoms with Crippen molar-refractivity contribution >= 4 is 23.6 Å². The molecular formula is C3H4N2S. The van der Waals surface area contributed by atoms with Crippen molar-refractivity contribution in [1.82, 2.24) is 0 Å². The summed E-state index contributed by atoms with van der Waals surface area (Å²) < 4.78 is 0.648. The van der Waals surface area contributed by atoms with Crippen molar-refractivity contribution in [2.24, 2.45) is 0 Å². The normalized spacial score (nSPS) is 10.0. The molecule has 1 aromatic rings. The van der Waals surface area contributed by atoms with Crippen LogP contribution < -0.4 is 11.5 Å². The highest BCUT2D eigenvalue weighted by Crippen LogP contribution is 2.28. The van der Waals surface area contributed by atoms with Gasteiger partial charge in [0.05, 0.1) is 15.9 Å². The number of nitrogens with two attached hydrogens (primary N) is 2. The Morgan fingerprint density at radius 1 is 1.17 bits per heavy atom. The van der Waals surface area contributed by atoms with Crippen molar-refractivity contribution in [3.63, 3.8) is 0 Å². The van der Waals surface area contributed by atoms with Gasteiger partial charge in [0.25, 0.3) is 0 Å². The van der Waals surface area contributed by atoms with Gasteiger partial charge in [-0.3, -0.25) is 0 Å². The van der Waals surface area contributed by atoms with Crippen LogP contribution in [0.4, 0.5) is 11.4 Å². The highest BCUT2D eigenvalue weighted by molar-refractivity contribution is 7.72. The van der Waals surface area contributed by atoms with Gasteiger partial charge in [0.15, 0.2) is 0 Å². The summed E-state index contributed by atoms with van der Waals surface area (Å²) in [6.45, 7) is 0. The van der Waals surface area contributed by atoms with E-state index in [4.69, 9.17) is 11.5 Å². The average Bonchev–Trinajstić information content (AvgIpc) is 1.94. The Morgan fingerprint density at radius 3 is 1.33 bits per heavy atom. The lowest BCUT2D eigenvalue weighted by Gasteiger charge is -1.58. The minimum Gasteiger partial charge on any atom is -0.396 e. The van der Waals surface area contributed by atoms with Gasteiger partial charge in [0.1, 0.15) is 0 Å². The Morgan fingerprint density at radius 2 is 1.33 bits per heavy atom. The first-order valence-corrected chi connectivity index (χ1v) is 1.94. The third-order valence-corrected chi connectivity index (χ3v) is 1.16. The van der Waals surface area contributed by atoms with E-state index in [1.54, 1.807) is 0 Å². The van der Waals surface area contributed by atoms with E-state index in [9.17, 15) is 0 Å². The lowest BCUT2D eigenvalue weighted by atomic mass is 10.9. The molecule has 0 aromatic heterocycles. The molecule has 0 saturated heterocycles. The minimum absolute atomic E-state index is 0.602. The number of rotatable bonds is 0. The van der Waals surface area contributed by atoms with E-state index >= 15 is 0 Å². The summed E-state index contributed by atoms with van der Waals surface area (Å²) in [6, 6.07) is 0. The molecule has 1 aromatic carbocycles. The van der Waals surface area contributed by atoms with Gasteiger partial charge in [-0.15, -0.1) is 0 Å². The summed E-state index contributed by atoms with van der Waals surface area (Å²) in [6.07, 6.45) is 0. The fourth-order valence-corrected chi connectivity index (χ4v) is 0.367. The average molecular weight is 100 g/mol. The fourth-order valence-electron chi connectivity index (χ4n) is 0.198. The Bertz CT molecular complexity index is 155. The quantitative estimate of drug-likeness (QED) is 0.465. The predicted molar refractivity (Wildman–Crippen MR) is 28.5 cm³/mol. The van der Waals surface area contributed by atoms with Crippen molar-refractivity contribution in [3.05, 3.63) is 4.51 Å². The Hall–Kier alpha value is -0.570. The molecule has 2 nitrogen and oxygen atoms in total. The van der Waals surface area contributed by atoms with E-state index in [0.717, 1.165) is 0 Å². The molecule has 0 unspecified atom stereocenters. The lowest BCUT2D eigenvalue weighted by molar-refractivity contribution is 2.02. The molecule has 0 aliphatic rings. The molecule has 0 aliphatic heterocycles. The highest BCUT2D eigenvalue weighted by atomic mass is 32.1. The number of hydrogen-bond acceptors (Lipinski definition) is 3. The molecule has 4 N–H and O–H groups in total. The second kappa shape index (κ2) is 0.733. The van der Waals surface area contributed by atoms with Crippen LogP contribution in [0.2, 0.25) is 0 Å². The molecule has 0 bridgehead atoms. The van der Waals surface area contributed by atoms with Gasteiger partial charge in [0.2, 0.25) is 0 Å². The van der Waals surface area contributed by atoms with Crippen LogP contribution >= 0.6 is 12.2 Å². The summed E-state index contributed by atoms with van der Waals surface area (Å²) in [5.41, 5.74) is 11.4. The van der Waals surface area contributed by atoms with Gasteiger partial charge in [0, 0.05) is 0 Å². The second-order valence-corrected chi connectivity index (χ2v) is 1.56. The smallest absolute Gasteiger partial charge is 0.0879 e. The largest absolute Gasteiger partial charge is 0.396 e. The van der Waals surface area contributed by atoms with Crippen LogP contribution in [0, 0.1) is 4.51 Å². The standard InChI is InChI=1S/C3H4N2S/c4-1-2(5)3(1)6/h4-5H2. The molecule has 0 heterocycles. The SMILES string of the molecule is Nc1c(N)c1=S. The van der Waals surface area contributed by atoms with E-state index in [-0.39, 0.29) is 0 Å². The Balaban J connectivity index is 3.11. The highest BCUT2D eigenvalue weighted by Gasteiger charge is 2.07. The maximum absolute atomic E-state index is 5.12. The first-order chi connectivity index (χ1) is 2.73. The van der Waals surface area contributed by atoms with Gasteiger partial charge in [-0.1, -0.05) is 12.2 Å². The molecule has 0 amide bonds. The molecule has 32 valence electrons. The zero-order valence-electron chi connectivity index (χ0n) is 3.06. The van der Waals surface area contributed by atoms with Crippen molar-refractivity contribution < 1.29 is 0 Å². The monoisotopic (exact) mass is 100 g/mol. The van der Waals surface area contributed by atoms with Crippen LogP contribution in [0.3, 0.4) is 0 Å². The van der Waals surface area contributed by atoms with Crippen LogP contribution in [-0.4, -0.2) is 0 Å². The summed E-state index contributed by atoms with van der Waals surface area (Å²) in [5, 5.41) is 0. The third-order valence-electron chi connectivity index (χ3n) is 0.717. The predicted octanol–water partition coefficient (Wildman–Crippen LogP) is 0.456. The molecular weight excluding hydrogens is 96.1 g/mol. The van der Waals surface area contributed by atoms with Crippen LogP contribution in [-0.2, 0) is 0 Å². The Kier molecular flexibility index (Phi) is 0.442. The van der Waals surface area contributed by atoms with Gasteiger partial charge < -0.3 is 11.5 Å². The zero-order valence-corrected chi connectivity index (χ0v) is 3.88. The topological polar surface area (TPSA) is 52.0 Å². The lowest BCUT2D eigenvalue weighted by Crippen LogP contribution is -1.75. The molecule has 3 heteroatoms. The van der Waals surface area contributed by atoms with Gasteiger partial charge >= 0.3 is 0 Å². The van der Waals surface area contributed by atoms with E-state index in [1.165, 1.54) is 0 Å². The first kappa shape index (κ1) is 3.61. The zero-order chi connectivity index (χ0) is 4.73. The van der Waals surface area contributed by atoms with Crippen molar-refractivity contribution in [2.75, 3.05) is 11.5 Å². The fraction of sp³-hybridized carbons (Fsp3) is 0. The van der Waals surface area contributed by atoms with Gasteiger partial charge in [-0.2, -0.15) is 0 Å². The van der Waals surface area contributed by atoms with Crippen LogP contribution in [0.15, 0.2) is 0 Å². The molecule has 0 atom stereocenters. The second-order valence-electron chi connectivity index (χ2n) is 1.16. The van der Waals surface area contributed by atoms with E-state index in [2.05, 4.69) is 12.2 Å². The minimum atomic E-state index is 0.602. The van der Waals surface area contributed by atoms with Gasteiger partial charge in [-0.25, -0.2) is 0 Å². The van der Waals surface area contributed by atoms with E-state index in [1.807, 2.05) is 0 Å². The van der Waals surface area contributed by atoms with E-state index in [0.29, 0.717) is 15.9 Å². The van der Waals surface area contributed by atoms with Crippen molar-refractivity contribution in [2.45, 2.75) is 0 Å². The third kappa shape index (κ3) is 0.228. The van der Waals surface area contributed by atoms with Gasteiger partial charge in [-0.05, 0) is 0 Å². The molecule has 0 radical (unpaired) electrons. The number of anilines is 2. The maximum atomic E-state index is 5.12. The Labute approximate surface area is 40.4 Å².